The largest absolute Gasteiger partial charge is 0.488 e. The van der Waals surface area contributed by atoms with Crippen LogP contribution in [0.15, 0.2) is 65.2 Å². The van der Waals surface area contributed by atoms with Crippen molar-refractivity contribution in [1.29, 1.82) is 5.26 Å². The molecule has 0 bridgehead atoms. The Hall–Kier alpha value is -2.09. The number of ether oxygens (including phenoxy) is 1. The molecule has 2 aromatic carbocycles. The molecule has 1 N–H and O–H groups in total. The van der Waals surface area contributed by atoms with Crippen LogP contribution in [0, 0.1) is 11.3 Å². The third-order valence-electron chi connectivity index (χ3n) is 3.03. The first-order valence-electron chi connectivity index (χ1n) is 6.35. The molecule has 2 rings (SSSR count). The molecule has 0 aliphatic heterocycles. The van der Waals surface area contributed by atoms with E-state index in [1.165, 1.54) is 0 Å². The maximum absolute atomic E-state index is 10.1. The van der Waals surface area contributed by atoms with Crippen molar-refractivity contribution in [3.05, 3.63) is 76.3 Å². The van der Waals surface area contributed by atoms with Crippen LogP contribution < -0.4 is 4.74 Å². The van der Waals surface area contributed by atoms with E-state index >= 15 is 0 Å². The van der Waals surface area contributed by atoms with Gasteiger partial charge in [-0.1, -0.05) is 58.9 Å². The number of benzene rings is 2. The summed E-state index contributed by atoms with van der Waals surface area (Å²) in [5, 5.41) is 19.0. The van der Waals surface area contributed by atoms with Crippen molar-refractivity contribution in [3.63, 3.8) is 0 Å². The van der Waals surface area contributed by atoms with Crippen LogP contribution in [-0.4, -0.2) is 5.11 Å². The van der Waals surface area contributed by atoms with Crippen LogP contribution in [0.4, 0.5) is 0 Å². The van der Waals surface area contributed by atoms with Crippen LogP contribution in [0.2, 0.25) is 0 Å². The topological polar surface area (TPSA) is 53.2 Å². The van der Waals surface area contributed by atoms with Crippen molar-refractivity contribution in [2.24, 2.45) is 0 Å². The van der Waals surface area contributed by atoms with Crippen molar-refractivity contribution in [1.82, 2.24) is 0 Å². The van der Waals surface area contributed by atoms with E-state index in [9.17, 15) is 5.11 Å². The van der Waals surface area contributed by atoms with Gasteiger partial charge in [0.1, 0.15) is 18.5 Å². The number of nitriles is 1. The Labute approximate surface area is 132 Å². The second-order valence-corrected chi connectivity index (χ2v) is 5.31. The molecule has 0 amide bonds. The van der Waals surface area contributed by atoms with Gasteiger partial charge in [0.25, 0.3) is 0 Å². The zero-order chi connectivity index (χ0) is 15.2. The number of aliphatic hydroxyl groups is 1. The number of aliphatic hydroxyl groups excluding tert-OH is 1. The minimum atomic E-state index is -1.05. The van der Waals surface area contributed by atoms with Gasteiger partial charge < -0.3 is 9.84 Å². The predicted octanol–water partition coefficient (Wildman–Crippen LogP) is 4.14. The first kappa shape index (κ1) is 15.3. The molecule has 0 aromatic heterocycles. The van der Waals surface area contributed by atoms with Crippen LogP contribution in [0.5, 0.6) is 5.75 Å². The summed E-state index contributed by atoms with van der Waals surface area (Å²) in [6.07, 6.45) is -1.05. The fourth-order valence-electron chi connectivity index (χ4n) is 1.86. The zero-order valence-electron chi connectivity index (χ0n) is 11.3. The van der Waals surface area contributed by atoms with Gasteiger partial charge in [0.2, 0.25) is 0 Å². The summed E-state index contributed by atoms with van der Waals surface area (Å²) in [6, 6.07) is 16.7. The Balaban J connectivity index is 2.20. The van der Waals surface area contributed by atoms with Gasteiger partial charge in [-0.3, -0.25) is 0 Å². The molecule has 1 atom stereocenters. The molecule has 1 unspecified atom stereocenters. The lowest BCUT2D eigenvalue weighted by atomic mass is 10.0. The van der Waals surface area contributed by atoms with E-state index in [1.807, 2.05) is 36.4 Å². The summed E-state index contributed by atoms with van der Waals surface area (Å²) < 4.78 is 6.74. The van der Waals surface area contributed by atoms with E-state index in [-0.39, 0.29) is 5.57 Å². The fourth-order valence-corrected chi connectivity index (χ4v) is 2.26. The molecule has 106 valence electrons. The van der Waals surface area contributed by atoms with Gasteiger partial charge in [-0.2, -0.15) is 5.26 Å². The fraction of sp³-hybridized carbons (Fsp3) is 0.118. The lowest BCUT2D eigenvalue weighted by molar-refractivity contribution is 0.210. The number of para-hydroxylation sites is 1. The molecule has 0 saturated carbocycles. The van der Waals surface area contributed by atoms with E-state index in [0.717, 1.165) is 10.0 Å². The van der Waals surface area contributed by atoms with Crippen molar-refractivity contribution in [3.8, 4) is 11.8 Å². The summed E-state index contributed by atoms with van der Waals surface area (Å²) in [6.45, 7) is 3.91. The summed E-state index contributed by atoms with van der Waals surface area (Å²) in [5.74, 6) is 0.539. The molecule has 0 fully saturated rings. The SMILES string of the molecule is C=C(C#N)C(O)c1ccccc1OCc1ccccc1Br. The Morgan fingerprint density at radius 2 is 1.90 bits per heavy atom. The summed E-state index contributed by atoms with van der Waals surface area (Å²) >= 11 is 3.47. The second kappa shape index (κ2) is 7.07. The minimum Gasteiger partial charge on any atom is -0.488 e. The molecule has 0 spiro atoms. The van der Waals surface area contributed by atoms with Gasteiger partial charge >= 0.3 is 0 Å². The molecule has 0 heterocycles. The second-order valence-electron chi connectivity index (χ2n) is 4.46. The van der Waals surface area contributed by atoms with Crippen LogP contribution in [0.1, 0.15) is 17.2 Å². The van der Waals surface area contributed by atoms with Crippen LogP contribution >= 0.6 is 15.9 Å². The average molecular weight is 344 g/mol. The lowest BCUT2D eigenvalue weighted by Crippen LogP contribution is -2.04. The van der Waals surface area contributed by atoms with E-state index in [1.54, 1.807) is 18.2 Å². The van der Waals surface area contributed by atoms with Gasteiger partial charge in [-0.15, -0.1) is 0 Å². The third-order valence-corrected chi connectivity index (χ3v) is 3.80. The number of rotatable bonds is 5. The molecule has 2 aromatic rings. The maximum Gasteiger partial charge on any atom is 0.125 e. The Morgan fingerprint density at radius 1 is 1.24 bits per heavy atom. The summed E-state index contributed by atoms with van der Waals surface area (Å²) in [4.78, 5) is 0. The van der Waals surface area contributed by atoms with Gasteiger partial charge in [0.05, 0.1) is 11.6 Å². The standard InChI is InChI=1S/C17H14BrNO2/c1-12(10-19)17(20)14-7-3-5-9-16(14)21-11-13-6-2-4-8-15(13)18/h2-9,17,20H,1,11H2. The highest BCUT2D eigenvalue weighted by Crippen LogP contribution is 2.30. The first-order valence-corrected chi connectivity index (χ1v) is 7.15. The maximum atomic E-state index is 10.1. The van der Waals surface area contributed by atoms with Crippen molar-refractivity contribution in [2.75, 3.05) is 0 Å². The van der Waals surface area contributed by atoms with Gasteiger partial charge in [-0.05, 0) is 12.1 Å². The van der Waals surface area contributed by atoms with Gasteiger partial charge in [0, 0.05) is 15.6 Å². The molecule has 0 radical (unpaired) electrons. The first-order chi connectivity index (χ1) is 10.1. The normalized spacial score (nSPS) is 11.5. The van der Waals surface area contributed by atoms with E-state index < -0.39 is 6.10 Å². The van der Waals surface area contributed by atoms with E-state index in [4.69, 9.17) is 10.00 Å². The quantitative estimate of drug-likeness (QED) is 0.830. The highest BCUT2D eigenvalue weighted by Gasteiger charge is 2.16. The molecule has 4 heteroatoms. The van der Waals surface area contributed by atoms with E-state index in [0.29, 0.717) is 17.9 Å². The number of hydrogen-bond acceptors (Lipinski definition) is 3. The highest BCUT2D eigenvalue weighted by atomic mass is 79.9. The van der Waals surface area contributed by atoms with Gasteiger partial charge in [-0.25, -0.2) is 0 Å². The summed E-state index contributed by atoms with van der Waals surface area (Å²) in [7, 11) is 0. The summed E-state index contributed by atoms with van der Waals surface area (Å²) in [5.41, 5.74) is 1.63. The smallest absolute Gasteiger partial charge is 0.125 e. The Morgan fingerprint density at radius 3 is 2.62 bits per heavy atom. The van der Waals surface area contributed by atoms with E-state index in [2.05, 4.69) is 22.5 Å². The highest BCUT2D eigenvalue weighted by molar-refractivity contribution is 9.10. The van der Waals surface area contributed by atoms with Crippen LogP contribution in [0.25, 0.3) is 0 Å². The van der Waals surface area contributed by atoms with Crippen LogP contribution in [-0.2, 0) is 6.61 Å². The van der Waals surface area contributed by atoms with Crippen LogP contribution in [0.3, 0.4) is 0 Å². The molecule has 0 saturated heterocycles. The Kier molecular flexibility index (Phi) is 5.15. The Bertz CT molecular complexity index is 691. The van der Waals surface area contributed by atoms with Crippen molar-refractivity contribution < 1.29 is 9.84 Å². The number of hydrogen-bond donors (Lipinski definition) is 1. The monoisotopic (exact) mass is 343 g/mol. The predicted molar refractivity (Wildman–Crippen MR) is 84.6 cm³/mol. The average Bonchev–Trinajstić information content (AvgIpc) is 2.53. The van der Waals surface area contributed by atoms with Gasteiger partial charge in [0.15, 0.2) is 0 Å². The molecule has 21 heavy (non-hydrogen) atoms. The molecule has 0 aliphatic rings. The molecular weight excluding hydrogens is 330 g/mol. The molecule has 0 aliphatic carbocycles. The van der Waals surface area contributed by atoms with Crippen molar-refractivity contribution in [2.45, 2.75) is 12.7 Å². The minimum absolute atomic E-state index is 0.0898. The molecular formula is C17H14BrNO2. The molecule has 3 nitrogen and oxygen atoms in total. The third kappa shape index (κ3) is 3.72. The van der Waals surface area contributed by atoms with Crippen molar-refractivity contribution >= 4 is 15.9 Å². The number of halogens is 1. The lowest BCUT2D eigenvalue weighted by Gasteiger charge is -2.15. The zero-order valence-corrected chi connectivity index (χ0v) is 12.9. The number of nitrogens with zero attached hydrogens (tertiary/aromatic N) is 1.